The van der Waals surface area contributed by atoms with E-state index in [1.165, 1.54) is 7.11 Å². The summed E-state index contributed by atoms with van der Waals surface area (Å²) in [6.07, 6.45) is 0. The molecule has 0 aliphatic carbocycles. The molecular formula is C18H20ClNO3. The Morgan fingerprint density at radius 2 is 1.74 bits per heavy atom. The Kier molecular flexibility index (Phi) is 5.16. The number of amides is 1. The fourth-order valence-electron chi connectivity index (χ4n) is 2.28. The Bertz CT molecular complexity index is 713. The molecule has 0 bridgehead atoms. The van der Waals surface area contributed by atoms with Gasteiger partial charge in [-0.3, -0.25) is 4.79 Å². The van der Waals surface area contributed by atoms with Gasteiger partial charge in [-0.15, -0.1) is 0 Å². The lowest BCUT2D eigenvalue weighted by molar-refractivity contribution is 0.0911. The molecule has 1 amide bonds. The zero-order valence-electron chi connectivity index (χ0n) is 13.6. The van der Waals surface area contributed by atoms with Gasteiger partial charge in [-0.2, -0.15) is 0 Å². The van der Waals surface area contributed by atoms with Crippen LogP contribution in [0.5, 0.6) is 11.5 Å². The van der Waals surface area contributed by atoms with E-state index in [-0.39, 0.29) is 5.91 Å². The molecule has 5 heteroatoms. The van der Waals surface area contributed by atoms with E-state index >= 15 is 0 Å². The monoisotopic (exact) mass is 333 g/mol. The van der Waals surface area contributed by atoms with Crippen LogP contribution in [0.3, 0.4) is 0 Å². The van der Waals surface area contributed by atoms with Crippen LogP contribution in [0, 0.1) is 0 Å². The van der Waals surface area contributed by atoms with Crippen molar-refractivity contribution in [3.63, 3.8) is 0 Å². The van der Waals surface area contributed by atoms with Crippen LogP contribution in [0.2, 0.25) is 5.02 Å². The van der Waals surface area contributed by atoms with Crippen LogP contribution in [0.15, 0.2) is 42.5 Å². The molecule has 2 rings (SSSR count). The van der Waals surface area contributed by atoms with Crippen molar-refractivity contribution in [3.05, 3.63) is 58.6 Å². The molecule has 2 aromatic rings. The summed E-state index contributed by atoms with van der Waals surface area (Å²) >= 11 is 6.03. The Balaban J connectivity index is 2.24. The Labute approximate surface area is 141 Å². The molecule has 0 saturated heterocycles. The van der Waals surface area contributed by atoms with Gasteiger partial charge < -0.3 is 14.8 Å². The third-order valence-corrected chi connectivity index (χ3v) is 3.85. The summed E-state index contributed by atoms with van der Waals surface area (Å²) in [7, 11) is 3.09. The highest BCUT2D eigenvalue weighted by atomic mass is 35.5. The highest BCUT2D eigenvalue weighted by molar-refractivity contribution is 6.30. The van der Waals surface area contributed by atoms with E-state index in [2.05, 4.69) is 5.32 Å². The standard InChI is InChI=1S/C18H20ClNO3/c1-18(2,13-6-5-7-14(19)11-13)20-17(21)12-8-9-15(22-3)16(10-12)23-4/h5-11H,1-4H3,(H,20,21). The van der Waals surface area contributed by atoms with Crippen LogP contribution < -0.4 is 14.8 Å². The highest BCUT2D eigenvalue weighted by Crippen LogP contribution is 2.28. The molecule has 0 aromatic heterocycles. The summed E-state index contributed by atoms with van der Waals surface area (Å²) in [6.45, 7) is 3.86. The molecule has 0 saturated carbocycles. The number of carbonyl (C=O) groups excluding carboxylic acids is 1. The first-order valence-electron chi connectivity index (χ1n) is 7.18. The minimum atomic E-state index is -0.560. The van der Waals surface area contributed by atoms with Crippen molar-refractivity contribution in [2.75, 3.05) is 14.2 Å². The van der Waals surface area contributed by atoms with E-state index in [1.807, 2.05) is 32.0 Å². The van der Waals surface area contributed by atoms with Gasteiger partial charge in [0.25, 0.3) is 5.91 Å². The maximum Gasteiger partial charge on any atom is 0.252 e. The van der Waals surface area contributed by atoms with Gasteiger partial charge in [0.1, 0.15) is 0 Å². The largest absolute Gasteiger partial charge is 0.493 e. The van der Waals surface area contributed by atoms with Gasteiger partial charge in [-0.05, 0) is 49.7 Å². The van der Waals surface area contributed by atoms with E-state index in [4.69, 9.17) is 21.1 Å². The number of hydrogen-bond acceptors (Lipinski definition) is 3. The first-order valence-corrected chi connectivity index (χ1v) is 7.56. The number of rotatable bonds is 5. The molecule has 0 aliphatic heterocycles. The second-order valence-corrected chi connectivity index (χ2v) is 6.10. The van der Waals surface area contributed by atoms with Gasteiger partial charge in [0.2, 0.25) is 0 Å². The summed E-state index contributed by atoms with van der Waals surface area (Å²) in [4.78, 5) is 12.5. The smallest absolute Gasteiger partial charge is 0.252 e. The number of ether oxygens (including phenoxy) is 2. The van der Waals surface area contributed by atoms with Crippen LogP contribution in [-0.4, -0.2) is 20.1 Å². The van der Waals surface area contributed by atoms with Crippen molar-refractivity contribution in [2.45, 2.75) is 19.4 Å². The highest BCUT2D eigenvalue weighted by Gasteiger charge is 2.24. The van der Waals surface area contributed by atoms with Gasteiger partial charge in [0.15, 0.2) is 11.5 Å². The molecule has 23 heavy (non-hydrogen) atoms. The van der Waals surface area contributed by atoms with Gasteiger partial charge in [0, 0.05) is 10.6 Å². The molecule has 122 valence electrons. The first-order chi connectivity index (χ1) is 10.9. The van der Waals surface area contributed by atoms with E-state index < -0.39 is 5.54 Å². The average molecular weight is 334 g/mol. The zero-order chi connectivity index (χ0) is 17.0. The second-order valence-electron chi connectivity index (χ2n) is 5.66. The van der Waals surface area contributed by atoms with E-state index in [0.29, 0.717) is 22.1 Å². The lowest BCUT2D eigenvalue weighted by Crippen LogP contribution is -2.41. The van der Waals surface area contributed by atoms with Crippen LogP contribution in [0.1, 0.15) is 29.8 Å². The Morgan fingerprint density at radius 1 is 1.04 bits per heavy atom. The molecule has 0 heterocycles. The molecule has 0 unspecified atom stereocenters. The van der Waals surface area contributed by atoms with Crippen LogP contribution >= 0.6 is 11.6 Å². The molecule has 4 nitrogen and oxygen atoms in total. The van der Waals surface area contributed by atoms with Gasteiger partial charge in [0.05, 0.1) is 19.8 Å². The van der Waals surface area contributed by atoms with Crippen molar-refractivity contribution in [1.82, 2.24) is 5.32 Å². The SMILES string of the molecule is COc1ccc(C(=O)NC(C)(C)c2cccc(Cl)c2)cc1OC. The van der Waals surface area contributed by atoms with Crippen molar-refractivity contribution in [1.29, 1.82) is 0 Å². The molecule has 2 aromatic carbocycles. The minimum Gasteiger partial charge on any atom is -0.493 e. The van der Waals surface area contributed by atoms with Crippen LogP contribution in [-0.2, 0) is 5.54 Å². The predicted octanol–water partition coefficient (Wildman–Crippen LogP) is 4.02. The normalized spacial score (nSPS) is 11.0. The lowest BCUT2D eigenvalue weighted by atomic mass is 9.94. The van der Waals surface area contributed by atoms with Crippen LogP contribution in [0.4, 0.5) is 0 Å². The number of methoxy groups -OCH3 is 2. The van der Waals surface area contributed by atoms with Crippen molar-refractivity contribution in [3.8, 4) is 11.5 Å². The maximum absolute atomic E-state index is 12.5. The fraction of sp³-hybridized carbons (Fsp3) is 0.278. The van der Waals surface area contributed by atoms with Gasteiger partial charge >= 0.3 is 0 Å². The number of hydrogen-bond donors (Lipinski definition) is 1. The summed E-state index contributed by atoms with van der Waals surface area (Å²) in [6, 6.07) is 12.5. The van der Waals surface area contributed by atoms with E-state index in [9.17, 15) is 4.79 Å². The lowest BCUT2D eigenvalue weighted by Gasteiger charge is -2.27. The van der Waals surface area contributed by atoms with Crippen molar-refractivity contribution in [2.24, 2.45) is 0 Å². The molecule has 0 atom stereocenters. The molecular weight excluding hydrogens is 314 g/mol. The zero-order valence-corrected chi connectivity index (χ0v) is 14.4. The summed E-state index contributed by atoms with van der Waals surface area (Å²) in [5.74, 6) is 0.898. The molecule has 0 radical (unpaired) electrons. The third kappa shape index (κ3) is 3.96. The maximum atomic E-state index is 12.5. The number of halogens is 1. The average Bonchev–Trinajstić information content (AvgIpc) is 2.53. The quantitative estimate of drug-likeness (QED) is 0.899. The van der Waals surface area contributed by atoms with Crippen molar-refractivity contribution < 1.29 is 14.3 Å². The molecule has 0 spiro atoms. The van der Waals surface area contributed by atoms with Crippen LogP contribution in [0.25, 0.3) is 0 Å². The van der Waals surface area contributed by atoms with Crippen molar-refractivity contribution >= 4 is 17.5 Å². The molecule has 0 aliphatic rings. The first kappa shape index (κ1) is 17.2. The molecule has 0 fully saturated rings. The van der Waals surface area contributed by atoms with E-state index in [0.717, 1.165) is 5.56 Å². The summed E-state index contributed by atoms with van der Waals surface area (Å²) < 4.78 is 10.4. The third-order valence-electron chi connectivity index (χ3n) is 3.62. The Morgan fingerprint density at radius 3 is 2.35 bits per heavy atom. The number of carbonyl (C=O) groups is 1. The van der Waals surface area contributed by atoms with Gasteiger partial charge in [-0.1, -0.05) is 23.7 Å². The topological polar surface area (TPSA) is 47.6 Å². The fourth-order valence-corrected chi connectivity index (χ4v) is 2.47. The summed E-state index contributed by atoms with van der Waals surface area (Å²) in [5, 5.41) is 3.65. The number of benzene rings is 2. The molecule has 1 N–H and O–H groups in total. The second kappa shape index (κ2) is 6.92. The predicted molar refractivity (Wildman–Crippen MR) is 91.5 cm³/mol. The van der Waals surface area contributed by atoms with E-state index in [1.54, 1.807) is 31.4 Å². The minimum absolute atomic E-state index is 0.198. The van der Waals surface area contributed by atoms with Gasteiger partial charge in [-0.25, -0.2) is 0 Å². The number of nitrogens with one attached hydrogen (secondary N) is 1. The Hall–Kier alpha value is -2.20. The summed E-state index contributed by atoms with van der Waals surface area (Å²) in [5.41, 5.74) is 0.867.